The zero-order chi connectivity index (χ0) is 15.5. The van der Waals surface area contributed by atoms with Crippen molar-refractivity contribution in [3.05, 3.63) is 65.2 Å². The molecule has 112 valence electrons. The van der Waals surface area contributed by atoms with Crippen LogP contribution in [0, 0.1) is 0 Å². The predicted octanol–water partition coefficient (Wildman–Crippen LogP) is 2.88. The summed E-state index contributed by atoms with van der Waals surface area (Å²) < 4.78 is 0. The van der Waals surface area contributed by atoms with Crippen LogP contribution in [0.5, 0.6) is 0 Å². The fourth-order valence-electron chi connectivity index (χ4n) is 2.55. The lowest BCUT2D eigenvalue weighted by molar-refractivity contribution is -0.118. The summed E-state index contributed by atoms with van der Waals surface area (Å²) in [6.07, 6.45) is 0.597. The number of rotatable bonds is 3. The second kappa shape index (κ2) is 6.20. The van der Waals surface area contributed by atoms with Gasteiger partial charge in [0.1, 0.15) is 6.04 Å². The Hall–Kier alpha value is -2.33. The number of carbonyl (C=O) groups is 2. The first-order valence-corrected chi connectivity index (χ1v) is 7.46. The summed E-state index contributed by atoms with van der Waals surface area (Å²) in [5, 5.41) is 3.28. The molecule has 1 aliphatic heterocycles. The monoisotopic (exact) mass is 314 g/mol. The van der Waals surface area contributed by atoms with Crippen molar-refractivity contribution in [3.63, 3.8) is 0 Å². The highest BCUT2D eigenvalue weighted by Gasteiger charge is 2.33. The topological polar surface area (TPSA) is 49.4 Å². The van der Waals surface area contributed by atoms with Gasteiger partial charge in [0.2, 0.25) is 5.91 Å². The molecule has 2 aromatic rings. The molecule has 0 saturated carbocycles. The summed E-state index contributed by atoms with van der Waals surface area (Å²) in [7, 11) is 0. The smallest absolute Gasteiger partial charge is 0.251 e. The van der Waals surface area contributed by atoms with Gasteiger partial charge in [-0.3, -0.25) is 9.59 Å². The lowest BCUT2D eigenvalue weighted by atomic mass is 10.2. The quantitative estimate of drug-likeness (QED) is 0.947. The highest BCUT2D eigenvalue weighted by molar-refractivity contribution is 6.31. The molecule has 1 heterocycles. The number of carbonyl (C=O) groups excluding carboxylic acids is 2. The molecule has 22 heavy (non-hydrogen) atoms. The maximum absolute atomic E-state index is 12.4. The molecule has 4 nitrogen and oxygen atoms in total. The molecule has 5 heteroatoms. The number of hydrogen-bond acceptors (Lipinski definition) is 2. The molecule has 2 aromatic carbocycles. The Morgan fingerprint density at radius 1 is 1.14 bits per heavy atom. The number of para-hydroxylation sites is 1. The largest absolute Gasteiger partial charge is 0.340 e. The highest BCUT2D eigenvalue weighted by Crippen LogP contribution is 2.21. The normalized spacial score (nSPS) is 17.6. The summed E-state index contributed by atoms with van der Waals surface area (Å²) in [4.78, 5) is 26.3. The summed E-state index contributed by atoms with van der Waals surface area (Å²) in [5.41, 5.74) is 1.31. The lowest BCUT2D eigenvalue weighted by Gasteiger charge is -2.17. The molecule has 1 atom stereocenters. The molecule has 0 bridgehead atoms. The van der Waals surface area contributed by atoms with Gasteiger partial charge in [-0.05, 0) is 36.8 Å². The molecular formula is C17H15ClN2O2. The van der Waals surface area contributed by atoms with Crippen molar-refractivity contribution in [2.45, 2.75) is 12.5 Å². The molecule has 2 amide bonds. The minimum Gasteiger partial charge on any atom is -0.340 e. The van der Waals surface area contributed by atoms with Crippen LogP contribution in [0.3, 0.4) is 0 Å². The van der Waals surface area contributed by atoms with E-state index in [0.29, 0.717) is 23.6 Å². The van der Waals surface area contributed by atoms with Crippen LogP contribution < -0.4 is 10.2 Å². The standard InChI is InChI=1S/C17H15ClN2O2/c18-13-6-4-5-12(11-13)16(21)19-15-9-10-20(17(15)22)14-7-2-1-3-8-14/h1-8,11,15H,9-10H2,(H,19,21)/t15-/m1/s1. The number of halogens is 1. The Morgan fingerprint density at radius 3 is 2.64 bits per heavy atom. The van der Waals surface area contributed by atoms with Crippen LogP contribution in [0.2, 0.25) is 5.02 Å². The molecule has 1 aliphatic rings. The van der Waals surface area contributed by atoms with Crippen LogP contribution in [0.1, 0.15) is 16.8 Å². The van der Waals surface area contributed by atoms with Gasteiger partial charge in [0.05, 0.1) is 0 Å². The van der Waals surface area contributed by atoms with Gasteiger partial charge in [0, 0.05) is 22.8 Å². The Morgan fingerprint density at radius 2 is 1.91 bits per heavy atom. The first-order chi connectivity index (χ1) is 10.6. The van der Waals surface area contributed by atoms with Crippen LogP contribution in [0.15, 0.2) is 54.6 Å². The molecule has 0 spiro atoms. The van der Waals surface area contributed by atoms with E-state index in [-0.39, 0.29) is 11.8 Å². The van der Waals surface area contributed by atoms with E-state index in [4.69, 9.17) is 11.6 Å². The number of hydrogen-bond donors (Lipinski definition) is 1. The lowest BCUT2D eigenvalue weighted by Crippen LogP contribution is -2.41. The Labute approximate surface area is 133 Å². The number of nitrogens with zero attached hydrogens (tertiary/aromatic N) is 1. The first-order valence-electron chi connectivity index (χ1n) is 7.08. The van der Waals surface area contributed by atoms with E-state index in [1.54, 1.807) is 29.2 Å². The minimum atomic E-state index is -0.494. The van der Waals surface area contributed by atoms with Gasteiger partial charge in [-0.15, -0.1) is 0 Å². The van der Waals surface area contributed by atoms with Crippen molar-refractivity contribution in [2.24, 2.45) is 0 Å². The van der Waals surface area contributed by atoms with Crippen LogP contribution in [-0.4, -0.2) is 24.4 Å². The first kappa shape index (κ1) is 14.6. The van der Waals surface area contributed by atoms with Gasteiger partial charge in [-0.25, -0.2) is 0 Å². The zero-order valence-electron chi connectivity index (χ0n) is 11.8. The summed E-state index contributed by atoms with van der Waals surface area (Å²) in [6, 6.07) is 15.6. The summed E-state index contributed by atoms with van der Waals surface area (Å²) in [6.45, 7) is 0.601. The Bertz CT molecular complexity index is 703. The van der Waals surface area contributed by atoms with Gasteiger partial charge in [0.15, 0.2) is 0 Å². The highest BCUT2D eigenvalue weighted by atomic mass is 35.5. The van der Waals surface area contributed by atoms with Crippen molar-refractivity contribution in [1.29, 1.82) is 0 Å². The fourth-order valence-corrected chi connectivity index (χ4v) is 2.74. The van der Waals surface area contributed by atoms with Gasteiger partial charge in [-0.2, -0.15) is 0 Å². The summed E-state index contributed by atoms with van der Waals surface area (Å²) in [5.74, 6) is -0.364. The van der Waals surface area contributed by atoms with Crippen molar-refractivity contribution >= 4 is 29.1 Å². The molecule has 0 aliphatic carbocycles. The zero-order valence-corrected chi connectivity index (χ0v) is 12.6. The molecule has 0 radical (unpaired) electrons. The second-order valence-corrected chi connectivity index (χ2v) is 5.59. The van der Waals surface area contributed by atoms with E-state index in [1.165, 1.54) is 0 Å². The third-order valence-corrected chi connectivity index (χ3v) is 3.90. The molecule has 3 rings (SSSR count). The van der Waals surface area contributed by atoms with Gasteiger partial charge >= 0.3 is 0 Å². The number of amides is 2. The van der Waals surface area contributed by atoms with E-state index in [9.17, 15) is 9.59 Å². The average Bonchev–Trinajstić information content (AvgIpc) is 2.89. The van der Waals surface area contributed by atoms with Crippen molar-refractivity contribution in [2.75, 3.05) is 11.4 Å². The van der Waals surface area contributed by atoms with Gasteiger partial charge in [-0.1, -0.05) is 35.9 Å². The fraction of sp³-hybridized carbons (Fsp3) is 0.176. The Kier molecular flexibility index (Phi) is 4.11. The molecule has 1 N–H and O–H groups in total. The van der Waals surface area contributed by atoms with Gasteiger partial charge in [0.25, 0.3) is 5.91 Å². The van der Waals surface area contributed by atoms with Crippen molar-refractivity contribution < 1.29 is 9.59 Å². The third-order valence-electron chi connectivity index (χ3n) is 3.67. The van der Waals surface area contributed by atoms with Gasteiger partial charge < -0.3 is 10.2 Å². The molecule has 0 aromatic heterocycles. The van der Waals surface area contributed by atoms with Crippen LogP contribution in [0.4, 0.5) is 5.69 Å². The number of benzene rings is 2. The third kappa shape index (κ3) is 2.97. The minimum absolute atomic E-state index is 0.0819. The van der Waals surface area contributed by atoms with E-state index in [1.807, 2.05) is 30.3 Å². The molecular weight excluding hydrogens is 300 g/mol. The maximum Gasteiger partial charge on any atom is 0.251 e. The second-order valence-electron chi connectivity index (χ2n) is 5.15. The van der Waals surface area contributed by atoms with Crippen LogP contribution in [-0.2, 0) is 4.79 Å². The maximum atomic E-state index is 12.4. The van der Waals surface area contributed by atoms with Crippen molar-refractivity contribution in [3.8, 4) is 0 Å². The molecule has 1 saturated heterocycles. The number of nitrogens with one attached hydrogen (secondary N) is 1. The molecule has 0 unspecified atom stereocenters. The Balaban J connectivity index is 1.70. The predicted molar refractivity (Wildman–Crippen MR) is 86.1 cm³/mol. The van der Waals surface area contributed by atoms with E-state index >= 15 is 0 Å². The van der Waals surface area contributed by atoms with E-state index < -0.39 is 6.04 Å². The number of anilines is 1. The van der Waals surface area contributed by atoms with Crippen LogP contribution >= 0.6 is 11.6 Å². The van der Waals surface area contributed by atoms with Crippen LogP contribution in [0.25, 0.3) is 0 Å². The van der Waals surface area contributed by atoms with Crippen molar-refractivity contribution in [1.82, 2.24) is 5.32 Å². The molecule has 1 fully saturated rings. The SMILES string of the molecule is O=C(N[C@@H]1CCN(c2ccccc2)C1=O)c1cccc(Cl)c1. The van der Waals surface area contributed by atoms with E-state index in [0.717, 1.165) is 5.69 Å². The van der Waals surface area contributed by atoms with E-state index in [2.05, 4.69) is 5.32 Å². The average molecular weight is 315 g/mol. The summed E-state index contributed by atoms with van der Waals surface area (Å²) >= 11 is 5.88.